The van der Waals surface area contributed by atoms with E-state index in [0.29, 0.717) is 0 Å². The van der Waals surface area contributed by atoms with Crippen LogP contribution in [0.25, 0.3) is 22.6 Å². The molecule has 0 saturated carbocycles. The molecule has 0 saturated heterocycles. The normalized spacial score (nSPS) is 10.9. The molecular formula is C23H22BrN5. The van der Waals surface area contributed by atoms with Gasteiger partial charge in [0.25, 0.3) is 0 Å². The molecule has 0 radical (unpaired) electrons. The summed E-state index contributed by atoms with van der Waals surface area (Å²) in [5.74, 6) is 0. The fraction of sp³-hybridized carbons (Fsp3) is 0.174. The molecule has 0 aliphatic rings. The topological polar surface area (TPSA) is 47.5 Å². The zero-order valence-electron chi connectivity index (χ0n) is 16.5. The van der Waals surface area contributed by atoms with Crippen LogP contribution in [-0.2, 0) is 12.8 Å². The number of imidazole rings is 2. The average Bonchev–Trinajstić information content (AvgIpc) is 3.32. The third kappa shape index (κ3) is 3.80. The molecule has 6 heteroatoms. The molecule has 146 valence electrons. The van der Waals surface area contributed by atoms with E-state index >= 15 is 0 Å². The standard InChI is InChI=1S/C14H13N3.C9H9BrN2/c1-2-12-14(11-6-8-15-9-7-11)17-10-4-3-5-13(17)16-12;1-2-7-9(10)12-6-4-3-5-8(12)11-7/h3-10H,2H2,1H3;3-6H,2H2,1H3. The van der Waals surface area contributed by atoms with E-state index in [1.54, 1.807) is 0 Å². The van der Waals surface area contributed by atoms with Crippen LogP contribution < -0.4 is 0 Å². The van der Waals surface area contributed by atoms with Crippen LogP contribution in [0.1, 0.15) is 25.2 Å². The molecular weight excluding hydrogens is 426 g/mol. The van der Waals surface area contributed by atoms with Crippen molar-refractivity contribution in [3.8, 4) is 11.3 Å². The van der Waals surface area contributed by atoms with Crippen LogP contribution >= 0.6 is 15.9 Å². The van der Waals surface area contributed by atoms with E-state index in [2.05, 4.69) is 55.3 Å². The molecule has 0 bridgehead atoms. The van der Waals surface area contributed by atoms with Crippen LogP contribution in [0.3, 0.4) is 0 Å². The van der Waals surface area contributed by atoms with Gasteiger partial charge >= 0.3 is 0 Å². The van der Waals surface area contributed by atoms with Gasteiger partial charge in [0.05, 0.1) is 17.1 Å². The Morgan fingerprint density at radius 3 is 1.97 bits per heavy atom. The van der Waals surface area contributed by atoms with Gasteiger partial charge < -0.3 is 0 Å². The zero-order chi connectivity index (χ0) is 20.2. The van der Waals surface area contributed by atoms with Crippen molar-refractivity contribution >= 4 is 27.2 Å². The Bertz CT molecular complexity index is 1240. The van der Waals surface area contributed by atoms with Crippen molar-refractivity contribution in [3.63, 3.8) is 0 Å². The summed E-state index contributed by atoms with van der Waals surface area (Å²) in [5.41, 5.74) is 6.57. The number of pyridine rings is 3. The van der Waals surface area contributed by atoms with Gasteiger partial charge in [0.15, 0.2) is 0 Å². The predicted molar refractivity (Wildman–Crippen MR) is 120 cm³/mol. The first-order valence-corrected chi connectivity index (χ1v) is 10.5. The Morgan fingerprint density at radius 1 is 0.759 bits per heavy atom. The molecule has 0 amide bonds. The second kappa shape index (κ2) is 8.57. The van der Waals surface area contributed by atoms with Crippen LogP contribution in [0.15, 0.2) is 77.9 Å². The minimum absolute atomic E-state index is 0.930. The van der Waals surface area contributed by atoms with E-state index in [1.165, 1.54) is 5.69 Å². The second-order valence-electron chi connectivity index (χ2n) is 6.56. The minimum atomic E-state index is 0.930. The molecule has 0 fully saturated rings. The van der Waals surface area contributed by atoms with Crippen molar-refractivity contribution in [2.45, 2.75) is 26.7 Å². The highest BCUT2D eigenvalue weighted by molar-refractivity contribution is 9.10. The van der Waals surface area contributed by atoms with E-state index in [4.69, 9.17) is 0 Å². The van der Waals surface area contributed by atoms with E-state index in [1.807, 2.05) is 71.5 Å². The molecule has 0 N–H and O–H groups in total. The van der Waals surface area contributed by atoms with Gasteiger partial charge in [-0.1, -0.05) is 26.0 Å². The summed E-state index contributed by atoms with van der Waals surface area (Å²) in [6.45, 7) is 4.24. The Hall–Kier alpha value is -2.99. The van der Waals surface area contributed by atoms with Crippen molar-refractivity contribution in [1.82, 2.24) is 23.8 Å². The maximum Gasteiger partial charge on any atom is 0.137 e. The molecule has 0 atom stereocenters. The molecule has 0 aromatic carbocycles. The SMILES string of the molecule is CCc1nc2ccccn2c1-c1ccncc1.CCc1nc2ccccn2c1Br. The second-order valence-corrected chi connectivity index (χ2v) is 7.31. The Labute approximate surface area is 178 Å². The van der Waals surface area contributed by atoms with Gasteiger partial charge in [-0.3, -0.25) is 13.8 Å². The van der Waals surface area contributed by atoms with Crippen LogP contribution in [0.5, 0.6) is 0 Å². The summed E-state index contributed by atoms with van der Waals surface area (Å²) in [7, 11) is 0. The zero-order valence-corrected chi connectivity index (χ0v) is 18.0. The van der Waals surface area contributed by atoms with Crippen molar-refractivity contribution in [1.29, 1.82) is 0 Å². The summed E-state index contributed by atoms with van der Waals surface area (Å²) >= 11 is 3.51. The quantitative estimate of drug-likeness (QED) is 0.360. The Kier molecular flexibility index (Phi) is 5.71. The van der Waals surface area contributed by atoms with Crippen molar-refractivity contribution in [2.24, 2.45) is 0 Å². The van der Waals surface area contributed by atoms with Crippen LogP contribution in [0.2, 0.25) is 0 Å². The van der Waals surface area contributed by atoms with Gasteiger partial charge in [-0.15, -0.1) is 0 Å². The van der Waals surface area contributed by atoms with Crippen molar-refractivity contribution in [3.05, 3.63) is 89.3 Å². The lowest BCUT2D eigenvalue weighted by Crippen LogP contribution is -1.90. The number of aryl methyl sites for hydroxylation is 2. The van der Waals surface area contributed by atoms with Crippen molar-refractivity contribution in [2.75, 3.05) is 0 Å². The number of fused-ring (bicyclic) bond motifs is 2. The lowest BCUT2D eigenvalue weighted by molar-refractivity contribution is 1.05. The fourth-order valence-electron chi connectivity index (χ4n) is 3.35. The highest BCUT2D eigenvalue weighted by atomic mass is 79.9. The summed E-state index contributed by atoms with van der Waals surface area (Å²) in [4.78, 5) is 13.2. The summed E-state index contributed by atoms with van der Waals surface area (Å²) in [5, 5.41) is 0. The third-order valence-electron chi connectivity index (χ3n) is 4.76. The lowest BCUT2D eigenvalue weighted by atomic mass is 10.1. The molecule has 5 heterocycles. The predicted octanol–water partition coefficient (Wildman–Crippen LogP) is 5.62. The van der Waals surface area contributed by atoms with Gasteiger partial charge in [0, 0.05) is 30.4 Å². The number of hydrogen-bond donors (Lipinski definition) is 0. The van der Waals surface area contributed by atoms with Gasteiger partial charge in [-0.05, 0) is 65.2 Å². The molecule has 5 aromatic rings. The third-order valence-corrected chi connectivity index (χ3v) is 5.60. The number of hydrogen-bond acceptors (Lipinski definition) is 3. The fourth-order valence-corrected chi connectivity index (χ4v) is 4.01. The van der Waals surface area contributed by atoms with Gasteiger partial charge in [0.2, 0.25) is 0 Å². The first-order valence-electron chi connectivity index (χ1n) is 9.70. The lowest BCUT2D eigenvalue weighted by Gasteiger charge is -2.03. The van der Waals surface area contributed by atoms with E-state index in [9.17, 15) is 0 Å². The highest BCUT2D eigenvalue weighted by Gasteiger charge is 2.11. The van der Waals surface area contributed by atoms with Crippen LogP contribution in [-0.4, -0.2) is 23.8 Å². The Morgan fingerprint density at radius 2 is 1.34 bits per heavy atom. The van der Waals surface area contributed by atoms with Gasteiger partial charge in [0.1, 0.15) is 15.9 Å². The largest absolute Gasteiger partial charge is 0.299 e. The first kappa shape index (κ1) is 19.3. The van der Waals surface area contributed by atoms with Gasteiger partial charge in [-0.25, -0.2) is 9.97 Å². The number of nitrogens with zero attached hydrogens (tertiary/aromatic N) is 5. The van der Waals surface area contributed by atoms with Crippen LogP contribution in [0.4, 0.5) is 0 Å². The molecule has 0 aliphatic carbocycles. The number of halogens is 1. The smallest absolute Gasteiger partial charge is 0.137 e. The van der Waals surface area contributed by atoms with E-state index in [-0.39, 0.29) is 0 Å². The Balaban J connectivity index is 0.000000150. The number of aromatic nitrogens is 5. The molecule has 0 spiro atoms. The molecule has 5 aromatic heterocycles. The highest BCUT2D eigenvalue weighted by Crippen LogP contribution is 2.24. The molecule has 5 rings (SSSR count). The first-order chi connectivity index (χ1) is 14.2. The molecule has 0 unspecified atom stereocenters. The van der Waals surface area contributed by atoms with Crippen molar-refractivity contribution < 1.29 is 0 Å². The number of rotatable bonds is 3. The average molecular weight is 448 g/mol. The molecule has 5 nitrogen and oxygen atoms in total. The summed E-state index contributed by atoms with van der Waals surface area (Å²) < 4.78 is 5.24. The molecule has 0 aliphatic heterocycles. The maximum absolute atomic E-state index is 4.65. The minimum Gasteiger partial charge on any atom is -0.299 e. The monoisotopic (exact) mass is 447 g/mol. The maximum atomic E-state index is 4.65. The van der Waals surface area contributed by atoms with E-state index in [0.717, 1.165) is 45.7 Å². The summed E-state index contributed by atoms with van der Waals surface area (Å²) in [6.07, 6.45) is 9.58. The summed E-state index contributed by atoms with van der Waals surface area (Å²) in [6, 6.07) is 16.1. The molecule has 29 heavy (non-hydrogen) atoms. The van der Waals surface area contributed by atoms with E-state index < -0.39 is 0 Å². The van der Waals surface area contributed by atoms with Crippen LogP contribution in [0, 0.1) is 0 Å². The van der Waals surface area contributed by atoms with Gasteiger partial charge in [-0.2, -0.15) is 0 Å².